The van der Waals surface area contributed by atoms with Gasteiger partial charge in [-0.2, -0.15) is 0 Å². The maximum absolute atomic E-state index is 5.24. The predicted octanol–water partition coefficient (Wildman–Crippen LogP) is 2.92. The first kappa shape index (κ1) is 11.7. The Morgan fingerprint density at radius 2 is 2.14 bits per heavy atom. The molecule has 0 N–H and O–H groups in total. The molecule has 0 atom stereocenters. The lowest BCUT2D eigenvalue weighted by Gasteiger charge is -2.06. The number of hydrogen-bond acceptors (Lipinski definition) is 2. The van der Waals surface area contributed by atoms with E-state index in [0.29, 0.717) is 13.4 Å². The lowest BCUT2D eigenvalue weighted by atomic mass is 10.1. The molecule has 14 heavy (non-hydrogen) atoms. The van der Waals surface area contributed by atoms with Gasteiger partial charge in [0.15, 0.2) is 0 Å². The van der Waals surface area contributed by atoms with Gasteiger partial charge in [0, 0.05) is 11.6 Å². The highest BCUT2D eigenvalue weighted by Gasteiger charge is 1.99. The zero-order chi connectivity index (χ0) is 10.4. The van der Waals surface area contributed by atoms with Crippen molar-refractivity contribution in [2.45, 2.75) is 13.3 Å². The van der Waals surface area contributed by atoms with Crippen LogP contribution in [0, 0.1) is 6.92 Å². The molecule has 0 heterocycles. The zero-order valence-electron chi connectivity index (χ0n) is 8.55. The summed E-state index contributed by atoms with van der Waals surface area (Å²) < 4.78 is 11.2. The highest BCUT2D eigenvalue weighted by molar-refractivity contribution is 9.10. The zero-order valence-corrected chi connectivity index (χ0v) is 10.1. The van der Waals surface area contributed by atoms with Crippen molar-refractivity contribution < 1.29 is 9.47 Å². The monoisotopic (exact) mass is 258 g/mol. The topological polar surface area (TPSA) is 18.5 Å². The first-order valence-corrected chi connectivity index (χ1v) is 5.35. The second-order valence-electron chi connectivity index (χ2n) is 3.16. The summed E-state index contributed by atoms with van der Waals surface area (Å²) >= 11 is 3.51. The number of aryl methyl sites for hydroxylation is 1. The summed E-state index contributed by atoms with van der Waals surface area (Å²) in [6.07, 6.45) is 0.908. The van der Waals surface area contributed by atoms with Crippen LogP contribution in [0.5, 0.6) is 0 Å². The van der Waals surface area contributed by atoms with Crippen LogP contribution in [0.2, 0.25) is 0 Å². The average Bonchev–Trinajstić information content (AvgIpc) is 2.18. The summed E-state index contributed by atoms with van der Waals surface area (Å²) in [5.74, 6) is 0. The molecule has 0 saturated heterocycles. The molecule has 0 unspecified atom stereocenters. The summed E-state index contributed by atoms with van der Waals surface area (Å²) in [5.41, 5.74) is 2.55. The van der Waals surface area contributed by atoms with Gasteiger partial charge in [0.1, 0.15) is 6.79 Å². The Kier molecular flexibility index (Phi) is 5.15. The predicted molar refractivity (Wildman–Crippen MR) is 60.4 cm³/mol. The summed E-state index contributed by atoms with van der Waals surface area (Å²) in [5, 5.41) is 0. The van der Waals surface area contributed by atoms with Gasteiger partial charge < -0.3 is 9.47 Å². The van der Waals surface area contributed by atoms with E-state index >= 15 is 0 Å². The normalized spacial score (nSPS) is 10.5. The number of methoxy groups -OCH3 is 1. The highest BCUT2D eigenvalue weighted by Crippen LogP contribution is 2.18. The van der Waals surface area contributed by atoms with Gasteiger partial charge >= 0.3 is 0 Å². The van der Waals surface area contributed by atoms with Crippen LogP contribution in [0.3, 0.4) is 0 Å². The molecule has 0 bridgehead atoms. The van der Waals surface area contributed by atoms with Crippen LogP contribution >= 0.6 is 15.9 Å². The molecule has 1 rings (SSSR count). The molecular formula is C11H15BrO2. The van der Waals surface area contributed by atoms with Crippen molar-refractivity contribution in [3.05, 3.63) is 33.8 Å². The highest BCUT2D eigenvalue weighted by atomic mass is 79.9. The number of rotatable bonds is 5. The van der Waals surface area contributed by atoms with Gasteiger partial charge in [0.05, 0.1) is 6.61 Å². The minimum atomic E-state index is 0.365. The van der Waals surface area contributed by atoms with Gasteiger partial charge in [-0.3, -0.25) is 0 Å². The van der Waals surface area contributed by atoms with Crippen molar-refractivity contribution in [1.29, 1.82) is 0 Å². The second-order valence-corrected chi connectivity index (χ2v) is 4.01. The molecular weight excluding hydrogens is 244 g/mol. The Morgan fingerprint density at radius 3 is 2.86 bits per heavy atom. The first-order chi connectivity index (χ1) is 6.74. The first-order valence-electron chi connectivity index (χ1n) is 4.55. The number of halogens is 1. The average molecular weight is 259 g/mol. The van der Waals surface area contributed by atoms with E-state index in [1.54, 1.807) is 7.11 Å². The fraction of sp³-hybridized carbons (Fsp3) is 0.455. The molecule has 1 aromatic carbocycles. The van der Waals surface area contributed by atoms with Crippen LogP contribution in [0.15, 0.2) is 22.7 Å². The van der Waals surface area contributed by atoms with Crippen molar-refractivity contribution in [3.8, 4) is 0 Å². The minimum Gasteiger partial charge on any atom is -0.359 e. The van der Waals surface area contributed by atoms with Crippen LogP contribution in [-0.2, 0) is 15.9 Å². The van der Waals surface area contributed by atoms with E-state index in [-0.39, 0.29) is 0 Å². The standard InChI is InChI=1S/C11H15BrO2/c1-9-3-4-11(12)10(7-9)5-6-14-8-13-2/h3-4,7H,5-6,8H2,1-2H3. The number of ether oxygens (including phenoxy) is 2. The third-order valence-electron chi connectivity index (χ3n) is 1.92. The Labute approximate surface area is 93.4 Å². The van der Waals surface area contributed by atoms with Crippen molar-refractivity contribution >= 4 is 15.9 Å². The van der Waals surface area contributed by atoms with Crippen molar-refractivity contribution in [3.63, 3.8) is 0 Å². The van der Waals surface area contributed by atoms with Crippen molar-refractivity contribution in [2.24, 2.45) is 0 Å². The van der Waals surface area contributed by atoms with Crippen LogP contribution in [0.1, 0.15) is 11.1 Å². The third kappa shape index (κ3) is 3.78. The molecule has 0 radical (unpaired) electrons. The molecule has 2 nitrogen and oxygen atoms in total. The van der Waals surface area contributed by atoms with Crippen LogP contribution < -0.4 is 0 Å². The molecule has 0 amide bonds. The molecule has 0 saturated carbocycles. The Bertz CT molecular complexity index is 287. The van der Waals surface area contributed by atoms with E-state index in [4.69, 9.17) is 9.47 Å². The number of benzene rings is 1. The van der Waals surface area contributed by atoms with E-state index in [0.717, 1.165) is 10.9 Å². The largest absolute Gasteiger partial charge is 0.359 e. The molecule has 0 aliphatic carbocycles. The minimum absolute atomic E-state index is 0.365. The SMILES string of the molecule is COCOCCc1cc(C)ccc1Br. The van der Waals surface area contributed by atoms with Crippen LogP contribution in [0.4, 0.5) is 0 Å². The molecule has 0 fully saturated rings. The lowest BCUT2D eigenvalue weighted by molar-refractivity contribution is -0.0291. The molecule has 1 aromatic rings. The number of hydrogen-bond donors (Lipinski definition) is 0. The summed E-state index contributed by atoms with van der Waals surface area (Å²) in [6.45, 7) is 3.14. The van der Waals surface area contributed by atoms with E-state index in [1.807, 2.05) is 0 Å². The fourth-order valence-electron chi connectivity index (χ4n) is 1.22. The van der Waals surface area contributed by atoms with Gasteiger partial charge in [-0.1, -0.05) is 33.6 Å². The van der Waals surface area contributed by atoms with Gasteiger partial charge in [0.2, 0.25) is 0 Å². The van der Waals surface area contributed by atoms with E-state index in [1.165, 1.54) is 11.1 Å². The molecule has 0 aliphatic heterocycles. The Hall–Kier alpha value is -0.380. The smallest absolute Gasteiger partial charge is 0.146 e. The second kappa shape index (κ2) is 6.17. The molecule has 0 aliphatic rings. The Morgan fingerprint density at radius 1 is 1.36 bits per heavy atom. The quantitative estimate of drug-likeness (QED) is 0.598. The Balaban J connectivity index is 2.45. The summed E-state index contributed by atoms with van der Waals surface area (Å²) in [4.78, 5) is 0. The van der Waals surface area contributed by atoms with Gasteiger partial charge in [-0.25, -0.2) is 0 Å². The molecule has 0 spiro atoms. The maximum Gasteiger partial charge on any atom is 0.146 e. The maximum atomic E-state index is 5.24. The summed E-state index contributed by atoms with van der Waals surface area (Å²) in [7, 11) is 1.63. The van der Waals surface area contributed by atoms with Gasteiger partial charge in [0.25, 0.3) is 0 Å². The van der Waals surface area contributed by atoms with E-state index in [9.17, 15) is 0 Å². The summed E-state index contributed by atoms with van der Waals surface area (Å²) in [6, 6.07) is 6.32. The van der Waals surface area contributed by atoms with Gasteiger partial charge in [-0.15, -0.1) is 0 Å². The van der Waals surface area contributed by atoms with Crippen molar-refractivity contribution in [2.75, 3.05) is 20.5 Å². The fourth-order valence-corrected chi connectivity index (χ4v) is 1.66. The van der Waals surface area contributed by atoms with Crippen LogP contribution in [0.25, 0.3) is 0 Å². The lowest BCUT2D eigenvalue weighted by Crippen LogP contribution is -2.02. The van der Waals surface area contributed by atoms with E-state index in [2.05, 4.69) is 41.1 Å². The molecule has 3 heteroatoms. The van der Waals surface area contributed by atoms with Crippen molar-refractivity contribution in [1.82, 2.24) is 0 Å². The molecule has 0 aromatic heterocycles. The molecule has 78 valence electrons. The van der Waals surface area contributed by atoms with Crippen LogP contribution in [-0.4, -0.2) is 20.5 Å². The van der Waals surface area contributed by atoms with Gasteiger partial charge in [-0.05, 0) is 25.0 Å². The van der Waals surface area contributed by atoms with E-state index < -0.39 is 0 Å². The third-order valence-corrected chi connectivity index (χ3v) is 2.69.